The summed E-state index contributed by atoms with van der Waals surface area (Å²) in [4.78, 5) is 65.8. The number of hydrogen-bond donors (Lipinski definition) is 3. The van der Waals surface area contributed by atoms with Crippen molar-refractivity contribution in [2.45, 2.75) is 25.6 Å². The number of carboxylic acids is 1. The minimum absolute atomic E-state index is 0.00273. The summed E-state index contributed by atoms with van der Waals surface area (Å²) in [6.45, 7) is 1.83. The highest BCUT2D eigenvalue weighted by Crippen LogP contribution is 2.33. The van der Waals surface area contributed by atoms with Gasteiger partial charge in [-0.15, -0.1) is 0 Å². The Balaban J connectivity index is 1.46. The van der Waals surface area contributed by atoms with Gasteiger partial charge in [0, 0.05) is 36.5 Å². The number of nitrogens with one attached hydrogen (secondary N) is 2. The maximum Gasteiger partial charge on any atom is 0.323 e. The molecule has 222 valence electrons. The summed E-state index contributed by atoms with van der Waals surface area (Å²) < 4.78 is 10.7. The van der Waals surface area contributed by atoms with E-state index in [9.17, 15) is 34.4 Å². The normalized spacial score (nSPS) is 16.0. The van der Waals surface area contributed by atoms with Crippen LogP contribution in [0.2, 0.25) is 0 Å². The predicted octanol–water partition coefficient (Wildman–Crippen LogP) is 3.28. The molecule has 14 heteroatoms. The number of urea groups is 1. The number of nitro benzene ring substituents is 1. The van der Waals surface area contributed by atoms with Gasteiger partial charge in [-0.25, -0.2) is 4.79 Å². The van der Waals surface area contributed by atoms with Crippen LogP contribution in [0.5, 0.6) is 11.5 Å². The van der Waals surface area contributed by atoms with Crippen LogP contribution in [-0.4, -0.2) is 69.7 Å². The van der Waals surface area contributed by atoms with Crippen LogP contribution in [-0.2, 0) is 9.59 Å². The molecule has 0 aromatic heterocycles. The molecule has 2 atom stereocenters. The molecule has 0 radical (unpaired) electrons. The standard InChI is InChI=1S/C29H27N5O9/c1-17-4-2-6-20(12-17)30-29(39)33-11-10-32(28(38)19-8-9-23-24(14-19)43-16-42-23)27(33)26(37)31-22(15-25(35)36)18-5-3-7-21(13-18)34(40)41/h2-9,12-14,22,27H,10-11,15-16H2,1H3,(H,30,39)(H,31,37)(H,35,36). The largest absolute Gasteiger partial charge is 0.481 e. The van der Waals surface area contributed by atoms with Gasteiger partial charge in [-0.1, -0.05) is 24.3 Å². The summed E-state index contributed by atoms with van der Waals surface area (Å²) in [6, 6.07) is 15.0. The number of carbonyl (C=O) groups excluding carboxylic acids is 3. The number of carbonyl (C=O) groups is 4. The third kappa shape index (κ3) is 6.32. The van der Waals surface area contributed by atoms with Crippen LogP contribution >= 0.6 is 0 Å². The zero-order valence-electron chi connectivity index (χ0n) is 22.9. The lowest BCUT2D eigenvalue weighted by Crippen LogP contribution is -2.55. The third-order valence-corrected chi connectivity index (χ3v) is 7.00. The van der Waals surface area contributed by atoms with E-state index in [0.717, 1.165) is 5.56 Å². The summed E-state index contributed by atoms with van der Waals surface area (Å²) >= 11 is 0. The fraction of sp³-hybridized carbons (Fsp3) is 0.241. The van der Waals surface area contributed by atoms with Crippen LogP contribution in [0.3, 0.4) is 0 Å². The number of aliphatic carboxylic acids is 1. The first kappa shape index (κ1) is 28.9. The Morgan fingerprint density at radius 2 is 1.74 bits per heavy atom. The minimum atomic E-state index is -1.47. The highest BCUT2D eigenvalue weighted by molar-refractivity contribution is 6.01. The predicted molar refractivity (Wildman–Crippen MR) is 151 cm³/mol. The summed E-state index contributed by atoms with van der Waals surface area (Å²) in [5.41, 5.74) is 1.43. The molecule has 1 fully saturated rings. The third-order valence-electron chi connectivity index (χ3n) is 7.00. The van der Waals surface area contributed by atoms with E-state index >= 15 is 0 Å². The Morgan fingerprint density at radius 3 is 2.49 bits per heavy atom. The van der Waals surface area contributed by atoms with E-state index in [-0.39, 0.29) is 36.7 Å². The first-order valence-corrected chi connectivity index (χ1v) is 13.2. The number of rotatable bonds is 8. The molecule has 5 rings (SSSR count). The van der Waals surface area contributed by atoms with Gasteiger partial charge in [-0.05, 0) is 48.4 Å². The first-order chi connectivity index (χ1) is 20.6. The van der Waals surface area contributed by atoms with Gasteiger partial charge in [0.2, 0.25) is 6.79 Å². The summed E-state index contributed by atoms with van der Waals surface area (Å²) in [5.74, 6) is -1.88. The molecule has 1 saturated heterocycles. The van der Waals surface area contributed by atoms with E-state index in [4.69, 9.17) is 9.47 Å². The van der Waals surface area contributed by atoms with Crippen LogP contribution in [0.25, 0.3) is 0 Å². The van der Waals surface area contributed by atoms with E-state index in [2.05, 4.69) is 10.6 Å². The summed E-state index contributed by atoms with van der Waals surface area (Å²) in [7, 11) is 0. The van der Waals surface area contributed by atoms with Crippen molar-refractivity contribution >= 4 is 35.2 Å². The van der Waals surface area contributed by atoms with Crippen LogP contribution in [0.1, 0.15) is 33.9 Å². The lowest BCUT2D eigenvalue weighted by atomic mass is 10.0. The number of aryl methyl sites for hydroxylation is 1. The number of carboxylic acid groups (broad SMARTS) is 1. The molecule has 3 N–H and O–H groups in total. The number of benzene rings is 3. The van der Waals surface area contributed by atoms with Gasteiger partial charge in [0.25, 0.3) is 17.5 Å². The average molecular weight is 590 g/mol. The van der Waals surface area contributed by atoms with Gasteiger partial charge >= 0.3 is 12.0 Å². The lowest BCUT2D eigenvalue weighted by molar-refractivity contribution is -0.384. The Labute approximate surface area is 244 Å². The molecule has 0 bridgehead atoms. The second kappa shape index (κ2) is 12.1. The van der Waals surface area contributed by atoms with Crippen molar-refractivity contribution in [2.24, 2.45) is 0 Å². The van der Waals surface area contributed by atoms with Crippen molar-refractivity contribution < 1.29 is 38.7 Å². The Hall–Kier alpha value is -5.66. The maximum absolute atomic E-state index is 13.9. The molecule has 43 heavy (non-hydrogen) atoms. The first-order valence-electron chi connectivity index (χ1n) is 13.2. The van der Waals surface area contributed by atoms with Crippen molar-refractivity contribution in [3.8, 4) is 11.5 Å². The summed E-state index contributed by atoms with van der Waals surface area (Å²) in [5, 5.41) is 26.2. The minimum Gasteiger partial charge on any atom is -0.481 e. The Kier molecular flexibility index (Phi) is 8.09. The number of nitro groups is 1. The SMILES string of the molecule is Cc1cccc(NC(=O)N2CCN(C(=O)c3ccc4c(c3)OCO4)C2C(=O)NC(CC(=O)O)c2cccc([N+](=O)[O-])c2)c1. The van der Waals surface area contributed by atoms with Crippen LogP contribution in [0, 0.1) is 17.0 Å². The summed E-state index contributed by atoms with van der Waals surface area (Å²) in [6.07, 6.45) is -2.08. The number of hydrogen-bond acceptors (Lipinski definition) is 8. The van der Waals surface area contributed by atoms with Crippen LogP contribution < -0.4 is 20.1 Å². The molecule has 0 saturated carbocycles. The van der Waals surface area contributed by atoms with Gasteiger partial charge < -0.3 is 30.1 Å². The molecule has 2 unspecified atom stereocenters. The van der Waals surface area contributed by atoms with Gasteiger partial charge in [-0.3, -0.25) is 29.4 Å². The second-order valence-corrected chi connectivity index (χ2v) is 9.94. The second-order valence-electron chi connectivity index (χ2n) is 9.94. The number of nitrogens with zero attached hydrogens (tertiary/aromatic N) is 3. The fourth-order valence-corrected chi connectivity index (χ4v) is 4.98. The molecule has 2 aliphatic rings. The number of amides is 4. The molecule has 2 aliphatic heterocycles. The maximum atomic E-state index is 13.9. The van der Waals surface area contributed by atoms with Crippen molar-refractivity contribution in [1.82, 2.24) is 15.1 Å². The van der Waals surface area contributed by atoms with E-state index < -0.39 is 47.4 Å². The van der Waals surface area contributed by atoms with Gasteiger partial charge in [-0.2, -0.15) is 0 Å². The van der Waals surface area contributed by atoms with Crippen molar-refractivity contribution in [1.29, 1.82) is 0 Å². The zero-order chi connectivity index (χ0) is 30.7. The van der Waals surface area contributed by atoms with Gasteiger partial charge in [0.05, 0.1) is 17.4 Å². The number of fused-ring (bicyclic) bond motifs is 1. The van der Waals surface area contributed by atoms with Crippen LogP contribution in [0.15, 0.2) is 66.7 Å². The topological polar surface area (TPSA) is 181 Å². The Bertz CT molecular complexity index is 1610. The molecule has 2 heterocycles. The molecular formula is C29H27N5O9. The zero-order valence-corrected chi connectivity index (χ0v) is 22.9. The van der Waals surface area contributed by atoms with Gasteiger partial charge in [0.1, 0.15) is 0 Å². The van der Waals surface area contributed by atoms with Crippen LogP contribution in [0.4, 0.5) is 16.2 Å². The number of ether oxygens (including phenoxy) is 2. The highest BCUT2D eigenvalue weighted by Gasteiger charge is 2.44. The van der Waals surface area contributed by atoms with E-state index in [0.29, 0.717) is 17.2 Å². The molecule has 4 amide bonds. The number of non-ortho nitro benzene ring substituents is 1. The quantitative estimate of drug-likeness (QED) is 0.262. The van der Waals surface area contributed by atoms with E-state index in [1.54, 1.807) is 24.3 Å². The molecule has 3 aromatic rings. The lowest BCUT2D eigenvalue weighted by Gasteiger charge is -2.31. The van der Waals surface area contributed by atoms with E-state index in [1.165, 1.54) is 46.2 Å². The molecule has 0 aliphatic carbocycles. The molecule has 0 spiro atoms. The van der Waals surface area contributed by atoms with Crippen molar-refractivity contribution in [3.63, 3.8) is 0 Å². The Morgan fingerprint density at radius 1 is 1.00 bits per heavy atom. The fourth-order valence-electron chi connectivity index (χ4n) is 4.98. The molecule has 3 aromatic carbocycles. The van der Waals surface area contributed by atoms with Crippen molar-refractivity contribution in [3.05, 3.63) is 93.5 Å². The smallest absolute Gasteiger partial charge is 0.323 e. The average Bonchev–Trinajstić information content (AvgIpc) is 3.63. The number of anilines is 1. The van der Waals surface area contributed by atoms with E-state index in [1.807, 2.05) is 13.0 Å². The molecular weight excluding hydrogens is 562 g/mol. The van der Waals surface area contributed by atoms with Gasteiger partial charge in [0.15, 0.2) is 17.7 Å². The monoisotopic (exact) mass is 589 g/mol. The highest BCUT2D eigenvalue weighted by atomic mass is 16.7. The molecule has 14 nitrogen and oxygen atoms in total. The van der Waals surface area contributed by atoms with Crippen molar-refractivity contribution in [2.75, 3.05) is 25.2 Å².